The molecule has 1 aromatic heterocycles. The maximum absolute atomic E-state index is 12.7. The fourth-order valence-corrected chi connectivity index (χ4v) is 7.42. The number of aromatic hydroxyl groups is 1. The summed E-state index contributed by atoms with van der Waals surface area (Å²) in [5, 5.41) is 24.5. The Morgan fingerprint density at radius 3 is 2.87 bits per heavy atom. The van der Waals surface area contributed by atoms with Gasteiger partial charge >= 0.3 is 0 Å². The molecule has 5 heteroatoms. The van der Waals surface area contributed by atoms with Crippen LogP contribution in [0.2, 0.25) is 0 Å². The summed E-state index contributed by atoms with van der Waals surface area (Å²) in [5.41, 5.74) is 2.65. The van der Waals surface area contributed by atoms with Crippen molar-refractivity contribution in [3.8, 4) is 11.5 Å². The Morgan fingerprint density at radius 1 is 1.13 bits per heavy atom. The van der Waals surface area contributed by atoms with Crippen molar-refractivity contribution in [1.82, 2.24) is 4.90 Å². The van der Waals surface area contributed by atoms with E-state index in [4.69, 9.17) is 9.15 Å². The molecule has 5 nitrogen and oxygen atoms in total. The third kappa shape index (κ3) is 1.84. The van der Waals surface area contributed by atoms with Crippen LogP contribution >= 0.6 is 0 Å². The molecule has 3 aromatic rings. The highest BCUT2D eigenvalue weighted by Crippen LogP contribution is 2.69. The summed E-state index contributed by atoms with van der Waals surface area (Å²) in [4.78, 5) is 2.56. The maximum atomic E-state index is 12.7. The lowest BCUT2D eigenvalue weighted by Gasteiger charge is -2.62. The van der Waals surface area contributed by atoms with Gasteiger partial charge in [0.1, 0.15) is 11.3 Å². The first-order valence-electron chi connectivity index (χ1n) is 11.6. The van der Waals surface area contributed by atoms with Crippen LogP contribution in [0.1, 0.15) is 47.8 Å². The van der Waals surface area contributed by atoms with Crippen molar-refractivity contribution in [3.63, 3.8) is 0 Å². The van der Waals surface area contributed by atoms with Gasteiger partial charge < -0.3 is 19.4 Å². The van der Waals surface area contributed by atoms with E-state index in [0.717, 1.165) is 59.7 Å². The second-order valence-corrected chi connectivity index (χ2v) is 10.4. The molecule has 8 rings (SSSR count). The molecule has 158 valence electrons. The van der Waals surface area contributed by atoms with Crippen LogP contribution in [0.25, 0.3) is 11.0 Å². The van der Waals surface area contributed by atoms with Gasteiger partial charge in [-0.15, -0.1) is 0 Å². The summed E-state index contributed by atoms with van der Waals surface area (Å²) in [5.74, 6) is 2.34. The zero-order valence-corrected chi connectivity index (χ0v) is 17.3. The molecule has 0 radical (unpaired) electrons. The van der Waals surface area contributed by atoms with Gasteiger partial charge in [-0.05, 0) is 55.8 Å². The van der Waals surface area contributed by atoms with Gasteiger partial charge in [0.2, 0.25) is 0 Å². The van der Waals surface area contributed by atoms with E-state index in [2.05, 4.69) is 11.0 Å². The lowest BCUT2D eigenvalue weighted by molar-refractivity contribution is -0.175. The van der Waals surface area contributed by atoms with E-state index in [1.807, 2.05) is 24.3 Å². The highest BCUT2D eigenvalue weighted by atomic mass is 16.5. The average molecular weight is 415 g/mol. The van der Waals surface area contributed by atoms with Crippen molar-refractivity contribution in [3.05, 3.63) is 58.8 Å². The summed E-state index contributed by atoms with van der Waals surface area (Å²) in [6, 6.07) is 12.0. The molecule has 5 aliphatic rings. The number of hydrogen-bond acceptors (Lipinski definition) is 5. The minimum Gasteiger partial charge on any atom is -0.504 e. The zero-order valence-electron chi connectivity index (χ0n) is 17.3. The SMILES string of the molecule is Oc1ccc2c3c1O[C@H]1c4oc5ccccc5c4C[C@]4(O)[C@H](C2)N(CC2CC2)CC[C@]314. The third-order valence-electron chi connectivity index (χ3n) is 8.93. The van der Waals surface area contributed by atoms with Gasteiger partial charge in [-0.2, -0.15) is 0 Å². The smallest absolute Gasteiger partial charge is 0.169 e. The molecule has 1 saturated carbocycles. The Hall–Kier alpha value is -2.50. The summed E-state index contributed by atoms with van der Waals surface area (Å²) in [7, 11) is 0. The van der Waals surface area contributed by atoms with Crippen LogP contribution < -0.4 is 4.74 Å². The second-order valence-electron chi connectivity index (χ2n) is 10.4. The van der Waals surface area contributed by atoms with Crippen LogP contribution in [0.3, 0.4) is 0 Å². The Bertz CT molecular complexity index is 1280. The molecule has 3 aliphatic carbocycles. The number of aliphatic hydroxyl groups is 1. The van der Waals surface area contributed by atoms with Crippen molar-refractivity contribution in [1.29, 1.82) is 0 Å². The van der Waals surface area contributed by atoms with Gasteiger partial charge in [-0.25, -0.2) is 0 Å². The number of fused-ring (bicyclic) bond motifs is 4. The van der Waals surface area contributed by atoms with Gasteiger partial charge in [-0.1, -0.05) is 24.3 Å². The molecule has 2 N–H and O–H groups in total. The molecule has 0 amide bonds. The highest BCUT2D eigenvalue weighted by Gasteiger charge is 2.73. The van der Waals surface area contributed by atoms with E-state index < -0.39 is 17.1 Å². The van der Waals surface area contributed by atoms with Crippen molar-refractivity contribution in [2.24, 2.45) is 5.92 Å². The number of hydrogen-bond donors (Lipinski definition) is 2. The van der Waals surface area contributed by atoms with Crippen LogP contribution in [0.5, 0.6) is 11.5 Å². The average Bonchev–Trinajstić information content (AvgIpc) is 3.40. The molecular weight excluding hydrogens is 390 g/mol. The number of furan rings is 1. The molecule has 3 heterocycles. The first kappa shape index (κ1) is 17.1. The molecule has 1 saturated heterocycles. The second kappa shape index (κ2) is 5.28. The summed E-state index contributed by atoms with van der Waals surface area (Å²) < 4.78 is 12.9. The van der Waals surface area contributed by atoms with Crippen LogP contribution in [0.15, 0.2) is 40.8 Å². The van der Waals surface area contributed by atoms with E-state index in [1.54, 1.807) is 6.07 Å². The van der Waals surface area contributed by atoms with Crippen LogP contribution in [-0.2, 0) is 18.3 Å². The van der Waals surface area contributed by atoms with Crippen LogP contribution in [-0.4, -0.2) is 39.8 Å². The molecule has 2 bridgehead atoms. The van der Waals surface area contributed by atoms with E-state index in [9.17, 15) is 10.2 Å². The van der Waals surface area contributed by atoms with Crippen LogP contribution in [0, 0.1) is 5.92 Å². The quantitative estimate of drug-likeness (QED) is 0.666. The summed E-state index contributed by atoms with van der Waals surface area (Å²) in [6.07, 6.45) is 4.40. The number of para-hydroxylation sites is 1. The van der Waals surface area contributed by atoms with E-state index >= 15 is 0 Å². The molecule has 2 fully saturated rings. The molecule has 2 aliphatic heterocycles. The third-order valence-corrected chi connectivity index (χ3v) is 8.93. The largest absolute Gasteiger partial charge is 0.504 e. The number of piperidine rings is 1. The Morgan fingerprint density at radius 2 is 2.00 bits per heavy atom. The highest BCUT2D eigenvalue weighted by molar-refractivity contribution is 5.84. The number of phenolic OH excluding ortho intramolecular Hbond substituents is 1. The normalized spacial score (nSPS) is 35.0. The predicted molar refractivity (Wildman–Crippen MR) is 114 cm³/mol. The molecule has 2 aromatic carbocycles. The molecule has 1 spiro atoms. The monoisotopic (exact) mass is 415 g/mol. The van der Waals surface area contributed by atoms with Gasteiger partial charge in [0.15, 0.2) is 17.6 Å². The molecule has 0 unspecified atom stereocenters. The lowest BCUT2D eigenvalue weighted by atomic mass is 9.49. The first-order chi connectivity index (χ1) is 15.1. The predicted octanol–water partition coefficient (Wildman–Crippen LogP) is 3.84. The number of phenols is 1. The Kier molecular flexibility index (Phi) is 2.91. The summed E-state index contributed by atoms with van der Waals surface area (Å²) in [6.45, 7) is 2.03. The van der Waals surface area contributed by atoms with Crippen molar-refractivity contribution in [2.75, 3.05) is 13.1 Å². The van der Waals surface area contributed by atoms with E-state index in [1.165, 1.54) is 18.4 Å². The minimum absolute atomic E-state index is 0.0535. The topological polar surface area (TPSA) is 66.1 Å². The van der Waals surface area contributed by atoms with Crippen molar-refractivity contribution >= 4 is 11.0 Å². The Balaban J connectivity index is 1.43. The molecular formula is C26H25NO4. The van der Waals surface area contributed by atoms with Gasteiger partial charge in [-0.3, -0.25) is 4.90 Å². The van der Waals surface area contributed by atoms with E-state index in [0.29, 0.717) is 12.2 Å². The zero-order chi connectivity index (χ0) is 20.5. The standard InChI is InChI=1S/C26H25NO4/c28-18-8-7-15-11-20-26(29)12-17-16-3-1-2-4-19(16)30-22(17)24-25(26,21(15)23(18)31-24)9-10-27(20)13-14-5-6-14/h1-4,7-8,14,20,24,28-29H,5-6,9-13H2/t20-,24-,25-,26-/m0/s1. The van der Waals surface area contributed by atoms with Gasteiger partial charge in [0, 0.05) is 35.5 Å². The molecule has 4 atom stereocenters. The Labute approximate surface area is 180 Å². The maximum Gasteiger partial charge on any atom is 0.169 e. The number of nitrogens with zero attached hydrogens (tertiary/aromatic N) is 1. The van der Waals surface area contributed by atoms with Crippen molar-refractivity contribution in [2.45, 2.75) is 55.3 Å². The van der Waals surface area contributed by atoms with E-state index in [-0.39, 0.29) is 11.8 Å². The van der Waals surface area contributed by atoms with Crippen molar-refractivity contribution < 1.29 is 19.4 Å². The molecule has 31 heavy (non-hydrogen) atoms. The number of benzene rings is 2. The number of rotatable bonds is 2. The van der Waals surface area contributed by atoms with Gasteiger partial charge in [0.25, 0.3) is 0 Å². The fourth-order valence-electron chi connectivity index (χ4n) is 7.42. The summed E-state index contributed by atoms with van der Waals surface area (Å²) >= 11 is 0. The number of likely N-dealkylation sites (tertiary alicyclic amines) is 1. The minimum atomic E-state index is -0.948. The number of ether oxygens (including phenoxy) is 1. The van der Waals surface area contributed by atoms with Gasteiger partial charge in [0.05, 0.1) is 11.0 Å². The first-order valence-corrected chi connectivity index (χ1v) is 11.6. The van der Waals surface area contributed by atoms with Crippen LogP contribution in [0.4, 0.5) is 0 Å². The lowest BCUT2D eigenvalue weighted by Crippen LogP contribution is -2.74. The fraction of sp³-hybridized carbons (Fsp3) is 0.462.